The largest absolute Gasteiger partial charge is 0.378 e. The van der Waals surface area contributed by atoms with Gasteiger partial charge >= 0.3 is 0 Å². The van der Waals surface area contributed by atoms with Gasteiger partial charge in [0.2, 0.25) is 0 Å². The SMILES string of the molecule is c1cc(-c2cncn2CC2COCCN2)ccn1. The number of morpholine rings is 1. The highest BCUT2D eigenvalue weighted by molar-refractivity contribution is 5.57. The molecule has 0 saturated carbocycles. The fourth-order valence-corrected chi connectivity index (χ4v) is 2.20. The highest BCUT2D eigenvalue weighted by Gasteiger charge is 2.15. The van der Waals surface area contributed by atoms with Crippen LogP contribution in [0.25, 0.3) is 11.3 Å². The van der Waals surface area contributed by atoms with Crippen LogP contribution in [0.2, 0.25) is 0 Å². The van der Waals surface area contributed by atoms with Crippen molar-refractivity contribution in [2.75, 3.05) is 19.8 Å². The van der Waals surface area contributed by atoms with E-state index in [0.29, 0.717) is 6.04 Å². The van der Waals surface area contributed by atoms with Crippen LogP contribution in [-0.4, -0.2) is 40.3 Å². The van der Waals surface area contributed by atoms with Crippen LogP contribution in [0.15, 0.2) is 37.1 Å². The molecule has 0 bridgehead atoms. The first-order valence-corrected chi connectivity index (χ1v) is 6.15. The van der Waals surface area contributed by atoms with Crippen molar-refractivity contribution >= 4 is 0 Å². The molecule has 1 saturated heterocycles. The molecule has 3 rings (SSSR count). The second-order valence-corrected chi connectivity index (χ2v) is 4.39. The van der Waals surface area contributed by atoms with E-state index >= 15 is 0 Å². The molecule has 2 aromatic heterocycles. The Morgan fingerprint density at radius 3 is 3.00 bits per heavy atom. The molecule has 0 aliphatic carbocycles. The zero-order chi connectivity index (χ0) is 12.2. The molecular formula is C13H16N4O. The highest BCUT2D eigenvalue weighted by Crippen LogP contribution is 2.18. The van der Waals surface area contributed by atoms with Gasteiger partial charge in [-0.2, -0.15) is 0 Å². The van der Waals surface area contributed by atoms with E-state index in [1.165, 1.54) is 0 Å². The summed E-state index contributed by atoms with van der Waals surface area (Å²) in [5, 5.41) is 3.45. The van der Waals surface area contributed by atoms with Gasteiger partial charge in [-0.25, -0.2) is 4.98 Å². The summed E-state index contributed by atoms with van der Waals surface area (Å²) >= 11 is 0. The van der Waals surface area contributed by atoms with E-state index in [2.05, 4.69) is 19.9 Å². The fourth-order valence-electron chi connectivity index (χ4n) is 2.20. The Hall–Kier alpha value is -1.72. The van der Waals surface area contributed by atoms with Crippen LogP contribution in [0.4, 0.5) is 0 Å². The predicted molar refractivity (Wildman–Crippen MR) is 68.1 cm³/mol. The summed E-state index contributed by atoms with van der Waals surface area (Å²) in [5.41, 5.74) is 2.25. The third kappa shape index (κ3) is 2.42. The molecule has 5 nitrogen and oxygen atoms in total. The summed E-state index contributed by atoms with van der Waals surface area (Å²) in [5.74, 6) is 0. The molecule has 18 heavy (non-hydrogen) atoms. The van der Waals surface area contributed by atoms with Crippen LogP contribution in [0.1, 0.15) is 0 Å². The van der Waals surface area contributed by atoms with Crippen LogP contribution >= 0.6 is 0 Å². The van der Waals surface area contributed by atoms with Gasteiger partial charge in [-0.3, -0.25) is 4.98 Å². The lowest BCUT2D eigenvalue weighted by Gasteiger charge is -2.24. The molecule has 2 aromatic rings. The fraction of sp³-hybridized carbons (Fsp3) is 0.385. The number of ether oxygens (including phenoxy) is 1. The Balaban J connectivity index is 1.79. The second-order valence-electron chi connectivity index (χ2n) is 4.39. The van der Waals surface area contributed by atoms with E-state index in [4.69, 9.17) is 4.74 Å². The van der Waals surface area contributed by atoms with E-state index in [9.17, 15) is 0 Å². The van der Waals surface area contributed by atoms with E-state index in [1.54, 1.807) is 12.4 Å². The molecule has 94 valence electrons. The van der Waals surface area contributed by atoms with Gasteiger partial charge in [0.15, 0.2) is 0 Å². The third-order valence-electron chi connectivity index (χ3n) is 3.10. The van der Waals surface area contributed by atoms with Crippen LogP contribution < -0.4 is 5.32 Å². The average molecular weight is 244 g/mol. The number of nitrogens with zero attached hydrogens (tertiary/aromatic N) is 3. The number of nitrogens with one attached hydrogen (secondary N) is 1. The number of imidazole rings is 1. The maximum atomic E-state index is 5.47. The monoisotopic (exact) mass is 244 g/mol. The van der Waals surface area contributed by atoms with Gasteiger partial charge < -0.3 is 14.6 Å². The predicted octanol–water partition coefficient (Wildman–Crippen LogP) is 0.933. The second kappa shape index (κ2) is 5.29. The molecule has 1 aliphatic rings. The summed E-state index contributed by atoms with van der Waals surface area (Å²) in [6, 6.07) is 4.35. The van der Waals surface area contributed by atoms with Gasteiger partial charge in [-0.05, 0) is 12.1 Å². The van der Waals surface area contributed by atoms with Crippen LogP contribution in [0.5, 0.6) is 0 Å². The van der Waals surface area contributed by atoms with Gasteiger partial charge in [0, 0.05) is 37.1 Å². The van der Waals surface area contributed by atoms with Crippen molar-refractivity contribution in [2.24, 2.45) is 0 Å². The van der Waals surface area contributed by atoms with Crippen molar-refractivity contribution in [3.8, 4) is 11.3 Å². The van der Waals surface area contributed by atoms with Crippen molar-refractivity contribution in [1.82, 2.24) is 19.9 Å². The van der Waals surface area contributed by atoms with Crippen LogP contribution in [0, 0.1) is 0 Å². The smallest absolute Gasteiger partial charge is 0.0951 e. The Morgan fingerprint density at radius 2 is 2.22 bits per heavy atom. The molecule has 1 fully saturated rings. The molecule has 1 aliphatic heterocycles. The van der Waals surface area contributed by atoms with Crippen molar-refractivity contribution in [1.29, 1.82) is 0 Å². The zero-order valence-electron chi connectivity index (χ0n) is 10.1. The topological polar surface area (TPSA) is 52.0 Å². The third-order valence-corrected chi connectivity index (χ3v) is 3.10. The highest BCUT2D eigenvalue weighted by atomic mass is 16.5. The summed E-state index contributed by atoms with van der Waals surface area (Å²) < 4.78 is 7.62. The van der Waals surface area contributed by atoms with Gasteiger partial charge in [0.25, 0.3) is 0 Å². The molecule has 0 aromatic carbocycles. The maximum Gasteiger partial charge on any atom is 0.0951 e. The standard InChI is InChI=1S/C13H16N4O/c1-3-14-4-2-11(1)13-7-15-10-17(13)8-12-9-18-6-5-16-12/h1-4,7,10,12,16H,5-6,8-9H2. The Bertz CT molecular complexity index is 491. The maximum absolute atomic E-state index is 5.47. The molecular weight excluding hydrogens is 228 g/mol. The van der Waals surface area contributed by atoms with Gasteiger partial charge in [0.05, 0.1) is 31.4 Å². The first-order valence-electron chi connectivity index (χ1n) is 6.15. The minimum absolute atomic E-state index is 0.355. The zero-order valence-corrected chi connectivity index (χ0v) is 10.1. The van der Waals surface area contributed by atoms with Crippen molar-refractivity contribution in [3.05, 3.63) is 37.1 Å². The lowest BCUT2D eigenvalue weighted by molar-refractivity contribution is 0.0715. The molecule has 1 atom stereocenters. The van der Waals surface area contributed by atoms with Gasteiger partial charge in [-0.1, -0.05) is 0 Å². The molecule has 1 N–H and O–H groups in total. The van der Waals surface area contributed by atoms with E-state index < -0.39 is 0 Å². The summed E-state index contributed by atoms with van der Waals surface area (Å²) in [4.78, 5) is 8.28. The van der Waals surface area contributed by atoms with Crippen molar-refractivity contribution in [2.45, 2.75) is 12.6 Å². The lowest BCUT2D eigenvalue weighted by atomic mass is 10.2. The minimum Gasteiger partial charge on any atom is -0.378 e. The Kier molecular flexibility index (Phi) is 3.34. The van der Waals surface area contributed by atoms with E-state index in [1.807, 2.05) is 24.7 Å². The van der Waals surface area contributed by atoms with E-state index in [-0.39, 0.29) is 0 Å². The molecule has 0 amide bonds. The summed E-state index contributed by atoms with van der Waals surface area (Å²) in [7, 11) is 0. The van der Waals surface area contributed by atoms with Crippen molar-refractivity contribution < 1.29 is 4.74 Å². The normalized spacial score (nSPS) is 19.9. The number of hydrogen-bond donors (Lipinski definition) is 1. The molecule has 1 unspecified atom stereocenters. The molecule has 3 heterocycles. The first kappa shape index (κ1) is 11.4. The average Bonchev–Trinajstić information content (AvgIpc) is 2.89. The minimum atomic E-state index is 0.355. The van der Waals surface area contributed by atoms with Crippen molar-refractivity contribution in [3.63, 3.8) is 0 Å². The summed E-state index contributed by atoms with van der Waals surface area (Å²) in [6.07, 6.45) is 7.36. The number of aromatic nitrogens is 3. The quantitative estimate of drug-likeness (QED) is 0.873. The molecule has 0 spiro atoms. The van der Waals surface area contributed by atoms with E-state index in [0.717, 1.165) is 37.6 Å². The summed E-state index contributed by atoms with van der Waals surface area (Å²) in [6.45, 7) is 3.35. The number of hydrogen-bond acceptors (Lipinski definition) is 4. The molecule has 5 heteroatoms. The number of rotatable bonds is 3. The van der Waals surface area contributed by atoms with Gasteiger partial charge in [0.1, 0.15) is 0 Å². The lowest BCUT2D eigenvalue weighted by Crippen LogP contribution is -2.43. The first-order chi connectivity index (χ1) is 8.93. The van der Waals surface area contributed by atoms with Gasteiger partial charge in [-0.15, -0.1) is 0 Å². The Labute approximate surface area is 106 Å². The van der Waals surface area contributed by atoms with Crippen LogP contribution in [0.3, 0.4) is 0 Å². The van der Waals surface area contributed by atoms with Crippen LogP contribution in [-0.2, 0) is 11.3 Å². The molecule has 0 radical (unpaired) electrons. The Morgan fingerprint density at radius 1 is 1.33 bits per heavy atom. The number of pyridine rings is 1.